The molecule has 4 fully saturated rings. The number of fused-ring (bicyclic) bond motifs is 4. The molecule has 82 heavy (non-hydrogen) atoms. The van der Waals surface area contributed by atoms with Crippen LogP contribution in [0.5, 0.6) is 0 Å². The highest BCUT2D eigenvalue weighted by Crippen LogP contribution is 2.29. The fourth-order valence-electron chi connectivity index (χ4n) is 12.7. The summed E-state index contributed by atoms with van der Waals surface area (Å²) >= 11 is 0. The van der Waals surface area contributed by atoms with E-state index in [2.05, 4.69) is 63.8 Å². The van der Waals surface area contributed by atoms with Crippen LogP contribution in [-0.4, -0.2) is 164 Å². The van der Waals surface area contributed by atoms with E-state index < -0.39 is 0 Å². The molecule has 0 amide bonds. The predicted molar refractivity (Wildman–Crippen MR) is 330 cm³/mol. The quantitative estimate of drug-likeness (QED) is 0.0590. The zero-order valence-corrected chi connectivity index (χ0v) is 48.3. The van der Waals surface area contributed by atoms with E-state index >= 15 is 0 Å². The van der Waals surface area contributed by atoms with Crippen molar-refractivity contribution in [2.75, 3.05) is 91.8 Å². The zero-order chi connectivity index (χ0) is 57.9. The Hall–Kier alpha value is -6.60. The van der Waals surface area contributed by atoms with Crippen LogP contribution in [0.2, 0.25) is 0 Å². The second-order valence-corrected chi connectivity index (χ2v) is 23.1. The van der Waals surface area contributed by atoms with Gasteiger partial charge in [0.2, 0.25) is 0 Å². The minimum absolute atomic E-state index is 0.00167. The first-order valence-electron chi connectivity index (χ1n) is 29.6. The summed E-state index contributed by atoms with van der Waals surface area (Å²) in [7, 11) is 0. The van der Waals surface area contributed by atoms with Gasteiger partial charge in [-0.15, -0.1) is 0 Å². The van der Waals surface area contributed by atoms with Gasteiger partial charge >= 0.3 is 0 Å². The Kier molecular flexibility index (Phi) is 20.6. The van der Waals surface area contributed by atoms with Crippen LogP contribution in [0.1, 0.15) is 95.4 Å². The average Bonchev–Trinajstić information content (AvgIpc) is 4.32. The second-order valence-electron chi connectivity index (χ2n) is 23.1. The molecule has 8 aromatic rings. The van der Waals surface area contributed by atoms with Gasteiger partial charge in [-0.1, -0.05) is 48.5 Å². The molecule has 8 N–H and O–H groups in total. The van der Waals surface area contributed by atoms with Crippen LogP contribution in [0, 0.1) is 27.7 Å². The standard InChI is InChI=1S/2C17H22N2O2.2C16H20N2O2/c1-12-4-2-6-15-16(12)10-13(18-17(15)21)7-9-19-8-3-5-14(19)11-20;1-12-4-2-6-15-16(12)10-13(18-17(15)21)7-9-19-8-3-5-14(20)11-19;2*1-11-3-2-4-13-14(11)9-15(17-16(13)20)12-5-6-18(10-12)7-8-19/h2*2,4,6,10,14,20H,3,5,7-9,11H2,1H3,(H,18,21);2*2-4,9,12,19H,5-8,10H2,1H3,(H,17,20)/t2*14-;2*12-/m1110/s1. The first kappa shape index (κ1) is 60.0. The molecule has 4 saturated heterocycles. The van der Waals surface area contributed by atoms with E-state index in [-0.39, 0.29) is 48.2 Å². The number of nitrogens with one attached hydrogen (secondary N) is 4. The predicted octanol–water partition coefficient (Wildman–Crippen LogP) is 6.91. The molecule has 4 atom stereocenters. The lowest BCUT2D eigenvalue weighted by Crippen LogP contribution is -2.39. The van der Waals surface area contributed by atoms with Crippen molar-refractivity contribution in [1.82, 2.24) is 39.5 Å². The maximum absolute atomic E-state index is 12.2. The molecule has 0 aliphatic carbocycles. The van der Waals surface area contributed by atoms with Gasteiger partial charge < -0.3 is 55.1 Å². The van der Waals surface area contributed by atoms with E-state index in [4.69, 9.17) is 10.2 Å². The summed E-state index contributed by atoms with van der Waals surface area (Å²) in [6.07, 6.45) is 7.68. The monoisotopic (exact) mass is 1120 g/mol. The number of hydrogen-bond acceptors (Lipinski definition) is 12. The van der Waals surface area contributed by atoms with Gasteiger partial charge in [-0.2, -0.15) is 0 Å². The van der Waals surface area contributed by atoms with E-state index in [1.54, 1.807) is 0 Å². The molecular formula is C66H84N8O8. The molecular weight excluding hydrogens is 1030 g/mol. The topological polar surface area (TPSA) is 225 Å². The number of H-pyrrole nitrogens is 4. The van der Waals surface area contributed by atoms with E-state index in [1.807, 2.05) is 100 Å². The van der Waals surface area contributed by atoms with Crippen LogP contribution in [0.3, 0.4) is 0 Å². The first-order valence-corrected chi connectivity index (χ1v) is 29.6. The van der Waals surface area contributed by atoms with E-state index in [9.17, 15) is 29.4 Å². The number of aliphatic hydroxyl groups excluding tert-OH is 4. The van der Waals surface area contributed by atoms with E-state index in [0.29, 0.717) is 31.0 Å². The highest BCUT2D eigenvalue weighted by atomic mass is 16.3. The van der Waals surface area contributed by atoms with Crippen molar-refractivity contribution in [2.24, 2.45) is 0 Å². The summed E-state index contributed by atoms with van der Waals surface area (Å²) in [5.41, 5.74) is 8.53. The molecule has 4 aromatic carbocycles. The summed E-state index contributed by atoms with van der Waals surface area (Å²) in [4.78, 5) is 69.8. The Morgan fingerprint density at radius 3 is 1.27 bits per heavy atom. The van der Waals surface area contributed by atoms with Gasteiger partial charge in [0.05, 0.1) is 25.9 Å². The minimum atomic E-state index is -0.198. The fourth-order valence-corrected chi connectivity index (χ4v) is 12.7. The molecule has 8 heterocycles. The molecule has 16 nitrogen and oxygen atoms in total. The van der Waals surface area contributed by atoms with Crippen molar-refractivity contribution in [3.05, 3.63) is 184 Å². The Balaban J connectivity index is 0.000000132. The smallest absolute Gasteiger partial charge is 0.256 e. The number of pyridine rings is 4. The van der Waals surface area contributed by atoms with Gasteiger partial charge in [0.15, 0.2) is 0 Å². The van der Waals surface area contributed by atoms with Crippen LogP contribution in [0.4, 0.5) is 0 Å². The number of aromatic amines is 4. The maximum Gasteiger partial charge on any atom is 0.256 e. The van der Waals surface area contributed by atoms with Crippen LogP contribution in [0.15, 0.2) is 116 Å². The van der Waals surface area contributed by atoms with Crippen LogP contribution >= 0.6 is 0 Å². The third kappa shape index (κ3) is 14.8. The van der Waals surface area contributed by atoms with Gasteiger partial charge in [-0.3, -0.25) is 24.1 Å². The number of benzene rings is 4. The van der Waals surface area contributed by atoms with Crippen LogP contribution < -0.4 is 22.2 Å². The average molecular weight is 1120 g/mol. The Morgan fingerprint density at radius 1 is 0.439 bits per heavy atom. The van der Waals surface area contributed by atoms with E-state index in [0.717, 1.165) is 198 Å². The molecule has 0 bridgehead atoms. The Labute approximate surface area is 479 Å². The van der Waals surface area contributed by atoms with Gasteiger partial charge in [0, 0.05) is 121 Å². The highest BCUT2D eigenvalue weighted by molar-refractivity contribution is 5.87. The fraction of sp³-hybridized carbons (Fsp3) is 0.455. The number of piperidine rings is 1. The zero-order valence-electron chi connectivity index (χ0n) is 48.3. The summed E-state index contributed by atoms with van der Waals surface area (Å²) in [6, 6.07) is 32.0. The largest absolute Gasteiger partial charge is 0.395 e. The van der Waals surface area contributed by atoms with Crippen molar-refractivity contribution in [1.29, 1.82) is 0 Å². The number of aliphatic hydroxyl groups is 4. The summed E-state index contributed by atoms with van der Waals surface area (Å²) < 4.78 is 0. The molecule has 0 unspecified atom stereocenters. The van der Waals surface area contributed by atoms with Crippen molar-refractivity contribution < 1.29 is 20.4 Å². The lowest BCUT2D eigenvalue weighted by Gasteiger charge is -2.29. The van der Waals surface area contributed by atoms with E-state index in [1.165, 1.54) is 0 Å². The molecule has 4 aliphatic rings. The number of hydrogen-bond donors (Lipinski definition) is 8. The Morgan fingerprint density at radius 2 is 0.841 bits per heavy atom. The number of aryl methyl sites for hydroxylation is 4. The molecule has 16 heteroatoms. The minimum Gasteiger partial charge on any atom is -0.395 e. The lowest BCUT2D eigenvalue weighted by molar-refractivity contribution is 0.0712. The van der Waals surface area contributed by atoms with Gasteiger partial charge in [0.1, 0.15) is 0 Å². The number of nitrogens with zero attached hydrogens (tertiary/aromatic N) is 4. The van der Waals surface area contributed by atoms with Crippen LogP contribution in [0.25, 0.3) is 43.1 Å². The third-order valence-corrected chi connectivity index (χ3v) is 17.4. The van der Waals surface area contributed by atoms with Gasteiger partial charge in [0.25, 0.3) is 22.2 Å². The summed E-state index contributed by atoms with van der Waals surface area (Å²) in [5.74, 6) is 0.719. The molecule has 0 spiro atoms. The SMILES string of the molecule is Cc1cccc2c(=O)[nH]c(CCN3CCC[C@@H](O)C3)cc12.Cc1cccc2c(=O)[nH]c(CCN3CCC[C@@H]3CO)cc12.Cc1cccc2c(=O)[nH]c([C@@H]3CCN(CCO)C3)cc12.Cc1cccc2c(=O)[nH]c([C@H]3CCN(CCO)C3)cc12. The van der Waals surface area contributed by atoms with Crippen molar-refractivity contribution >= 4 is 43.1 Å². The molecule has 0 saturated carbocycles. The molecule has 0 radical (unpaired) electrons. The lowest BCUT2D eigenvalue weighted by atomic mass is 10.00. The number of likely N-dealkylation sites (tertiary alicyclic amines) is 4. The molecule has 4 aliphatic heterocycles. The summed E-state index contributed by atoms with van der Waals surface area (Å²) in [5, 5.41) is 44.3. The van der Waals surface area contributed by atoms with Crippen molar-refractivity contribution in [3.8, 4) is 0 Å². The van der Waals surface area contributed by atoms with Crippen LogP contribution in [-0.2, 0) is 12.8 Å². The highest BCUT2D eigenvalue weighted by Gasteiger charge is 2.27. The third-order valence-electron chi connectivity index (χ3n) is 17.4. The van der Waals surface area contributed by atoms with Crippen molar-refractivity contribution in [3.63, 3.8) is 0 Å². The summed E-state index contributed by atoms with van der Waals surface area (Å²) in [6.45, 7) is 18.6. The van der Waals surface area contributed by atoms with Gasteiger partial charge in [-0.05, 0) is 185 Å². The van der Waals surface area contributed by atoms with Gasteiger partial charge in [-0.25, -0.2) is 0 Å². The number of aromatic nitrogens is 4. The molecule has 12 rings (SSSR count). The number of rotatable bonds is 13. The molecule has 4 aromatic heterocycles. The number of β-amino-alcohol motifs (C(OH)–C–C–N with tert-alkyl or cyclic N) is 3. The Bertz CT molecular complexity index is 3580. The molecule has 436 valence electrons. The normalized spacial score (nSPS) is 19.8. The maximum atomic E-state index is 12.2. The first-order chi connectivity index (χ1) is 39.7. The van der Waals surface area contributed by atoms with Crippen molar-refractivity contribution in [2.45, 2.75) is 103 Å². The second kappa shape index (κ2) is 28.1.